The number of carbonyl (C=O) groups excluding carboxylic acids is 3. The van der Waals surface area contributed by atoms with E-state index in [1.807, 2.05) is 0 Å². The Morgan fingerprint density at radius 1 is 0.958 bits per heavy atom. The molecule has 1 aliphatic carbocycles. The van der Waals surface area contributed by atoms with Crippen molar-refractivity contribution in [2.75, 3.05) is 6.61 Å². The van der Waals surface area contributed by atoms with Gasteiger partial charge in [-0.1, -0.05) is 37.6 Å². The van der Waals surface area contributed by atoms with E-state index in [1.165, 1.54) is 0 Å². The third kappa shape index (κ3) is 2.87. The van der Waals surface area contributed by atoms with Gasteiger partial charge in [0.15, 0.2) is 17.3 Å². The lowest BCUT2D eigenvalue weighted by molar-refractivity contribution is 0.0756. The van der Waals surface area contributed by atoms with Crippen LogP contribution in [0.25, 0.3) is 0 Å². The maximum atomic E-state index is 12.6. The Balaban J connectivity index is 1.78. The maximum Gasteiger partial charge on any atom is 0.182 e. The van der Waals surface area contributed by atoms with Crippen LogP contribution in [0, 0.1) is 5.92 Å². The summed E-state index contributed by atoms with van der Waals surface area (Å²) in [6.45, 7) is 2.71. The SMILES string of the molecule is CCCCOc1ccc(C(=O)C2C(=O)c3ccccc3C2=O)cc1. The van der Waals surface area contributed by atoms with Gasteiger partial charge in [0.05, 0.1) is 6.61 Å². The third-order valence-electron chi connectivity index (χ3n) is 4.15. The molecule has 0 N–H and O–H groups in total. The molecule has 0 aromatic heterocycles. The summed E-state index contributed by atoms with van der Waals surface area (Å²) in [5, 5.41) is 0. The van der Waals surface area contributed by atoms with Gasteiger partial charge in [-0.2, -0.15) is 0 Å². The summed E-state index contributed by atoms with van der Waals surface area (Å²) in [5.41, 5.74) is 1.01. The predicted molar refractivity (Wildman–Crippen MR) is 89.8 cm³/mol. The summed E-state index contributed by atoms with van der Waals surface area (Å²) >= 11 is 0. The first-order valence-electron chi connectivity index (χ1n) is 8.08. The van der Waals surface area contributed by atoms with Crippen molar-refractivity contribution in [3.63, 3.8) is 0 Å². The highest BCUT2D eigenvalue weighted by molar-refractivity contribution is 6.37. The van der Waals surface area contributed by atoms with Gasteiger partial charge in [-0.05, 0) is 30.7 Å². The van der Waals surface area contributed by atoms with Crippen LogP contribution in [0.15, 0.2) is 48.5 Å². The molecule has 2 aromatic rings. The summed E-state index contributed by atoms with van der Waals surface area (Å²) in [5.74, 6) is -1.87. The number of ketones is 3. The maximum absolute atomic E-state index is 12.6. The molecule has 0 fully saturated rings. The van der Waals surface area contributed by atoms with Gasteiger partial charge in [0.25, 0.3) is 0 Å². The lowest BCUT2D eigenvalue weighted by Crippen LogP contribution is -2.25. The van der Waals surface area contributed by atoms with Crippen molar-refractivity contribution in [1.82, 2.24) is 0 Å². The van der Waals surface area contributed by atoms with Crippen LogP contribution in [-0.4, -0.2) is 24.0 Å². The molecule has 1 aliphatic rings. The molecule has 0 heterocycles. The lowest BCUT2D eigenvalue weighted by atomic mass is 9.93. The minimum Gasteiger partial charge on any atom is -0.494 e. The van der Waals surface area contributed by atoms with Crippen molar-refractivity contribution >= 4 is 17.3 Å². The molecule has 0 radical (unpaired) electrons. The fourth-order valence-electron chi connectivity index (χ4n) is 2.80. The first-order chi connectivity index (χ1) is 11.6. The molecule has 0 unspecified atom stereocenters. The van der Waals surface area contributed by atoms with Gasteiger partial charge in [-0.15, -0.1) is 0 Å². The number of carbonyl (C=O) groups is 3. The highest BCUT2D eigenvalue weighted by Gasteiger charge is 2.43. The van der Waals surface area contributed by atoms with E-state index in [0.29, 0.717) is 29.0 Å². The average Bonchev–Trinajstić information content (AvgIpc) is 2.87. The van der Waals surface area contributed by atoms with Crippen molar-refractivity contribution in [1.29, 1.82) is 0 Å². The fourth-order valence-corrected chi connectivity index (χ4v) is 2.80. The molecule has 122 valence electrons. The van der Waals surface area contributed by atoms with Gasteiger partial charge in [-0.25, -0.2) is 0 Å². The van der Waals surface area contributed by atoms with Gasteiger partial charge in [0.2, 0.25) is 0 Å². The van der Waals surface area contributed by atoms with Crippen molar-refractivity contribution in [2.45, 2.75) is 19.8 Å². The van der Waals surface area contributed by atoms with Gasteiger partial charge >= 0.3 is 0 Å². The predicted octanol–water partition coefficient (Wildman–Crippen LogP) is 3.74. The van der Waals surface area contributed by atoms with Crippen molar-refractivity contribution < 1.29 is 19.1 Å². The second kappa shape index (κ2) is 6.79. The number of unbranched alkanes of at least 4 members (excludes halogenated alkanes) is 1. The molecule has 3 rings (SSSR count). The first-order valence-corrected chi connectivity index (χ1v) is 8.08. The molecular weight excluding hydrogens is 304 g/mol. The van der Waals surface area contributed by atoms with Crippen LogP contribution in [0.5, 0.6) is 5.75 Å². The fraction of sp³-hybridized carbons (Fsp3) is 0.250. The molecule has 2 aromatic carbocycles. The molecule has 0 saturated heterocycles. The van der Waals surface area contributed by atoms with Gasteiger partial charge in [-0.3, -0.25) is 14.4 Å². The van der Waals surface area contributed by atoms with Crippen molar-refractivity contribution in [2.24, 2.45) is 5.92 Å². The Hall–Kier alpha value is -2.75. The molecule has 0 spiro atoms. The van der Waals surface area contributed by atoms with Crippen LogP contribution in [0.1, 0.15) is 50.8 Å². The van der Waals surface area contributed by atoms with Crippen LogP contribution >= 0.6 is 0 Å². The Kier molecular flexibility index (Phi) is 4.56. The topological polar surface area (TPSA) is 60.4 Å². The molecule has 0 bridgehead atoms. The Bertz CT molecular complexity index is 755. The number of Topliss-reactive ketones (excluding diaryl/α,β-unsaturated/α-hetero) is 3. The number of benzene rings is 2. The van der Waals surface area contributed by atoms with E-state index in [1.54, 1.807) is 48.5 Å². The zero-order valence-corrected chi connectivity index (χ0v) is 13.5. The zero-order chi connectivity index (χ0) is 17.1. The van der Waals surface area contributed by atoms with Crippen LogP contribution in [0.2, 0.25) is 0 Å². The van der Waals surface area contributed by atoms with E-state index in [2.05, 4.69) is 6.92 Å². The van der Waals surface area contributed by atoms with Gasteiger partial charge in [0, 0.05) is 16.7 Å². The van der Waals surface area contributed by atoms with Crippen LogP contribution in [0.4, 0.5) is 0 Å². The number of hydrogen-bond acceptors (Lipinski definition) is 4. The minimum absolute atomic E-state index is 0.334. The molecule has 24 heavy (non-hydrogen) atoms. The third-order valence-corrected chi connectivity index (χ3v) is 4.15. The Morgan fingerprint density at radius 3 is 2.08 bits per heavy atom. The van der Waals surface area contributed by atoms with E-state index in [9.17, 15) is 14.4 Å². The normalized spacial score (nSPS) is 13.9. The van der Waals surface area contributed by atoms with Crippen LogP contribution in [-0.2, 0) is 0 Å². The summed E-state index contributed by atoms with van der Waals surface area (Å²) in [6, 6.07) is 13.2. The number of fused-ring (bicyclic) bond motifs is 1. The van der Waals surface area contributed by atoms with E-state index >= 15 is 0 Å². The zero-order valence-electron chi connectivity index (χ0n) is 13.5. The average molecular weight is 322 g/mol. The standard InChI is InChI=1S/C20H18O4/c1-2-3-12-24-14-10-8-13(9-11-14)18(21)17-19(22)15-6-4-5-7-16(15)20(17)23/h4-11,17H,2-3,12H2,1H3. The molecule has 0 amide bonds. The number of hydrogen-bond donors (Lipinski definition) is 0. The quantitative estimate of drug-likeness (QED) is 0.462. The van der Waals surface area contributed by atoms with Gasteiger partial charge < -0.3 is 4.74 Å². The second-order valence-corrected chi connectivity index (χ2v) is 5.80. The molecule has 4 nitrogen and oxygen atoms in total. The van der Waals surface area contributed by atoms with E-state index in [4.69, 9.17) is 4.74 Å². The van der Waals surface area contributed by atoms with E-state index < -0.39 is 23.3 Å². The summed E-state index contributed by atoms with van der Waals surface area (Å²) < 4.78 is 5.55. The highest BCUT2D eigenvalue weighted by Crippen LogP contribution is 2.29. The van der Waals surface area contributed by atoms with Crippen molar-refractivity contribution in [3.05, 3.63) is 65.2 Å². The van der Waals surface area contributed by atoms with E-state index in [0.717, 1.165) is 12.8 Å². The second-order valence-electron chi connectivity index (χ2n) is 5.80. The largest absolute Gasteiger partial charge is 0.494 e. The van der Waals surface area contributed by atoms with E-state index in [-0.39, 0.29) is 0 Å². The van der Waals surface area contributed by atoms with Crippen LogP contribution < -0.4 is 4.74 Å². The minimum atomic E-state index is -1.26. The molecule has 4 heteroatoms. The van der Waals surface area contributed by atoms with Crippen molar-refractivity contribution in [3.8, 4) is 5.75 Å². The number of rotatable bonds is 6. The molecular formula is C20H18O4. The number of ether oxygens (including phenoxy) is 1. The smallest absolute Gasteiger partial charge is 0.182 e. The summed E-state index contributed by atoms with van der Waals surface area (Å²) in [6.07, 6.45) is 2.01. The summed E-state index contributed by atoms with van der Waals surface area (Å²) in [4.78, 5) is 37.4. The molecule has 0 saturated carbocycles. The first kappa shape index (κ1) is 16.1. The van der Waals surface area contributed by atoms with Gasteiger partial charge in [0.1, 0.15) is 11.7 Å². The molecule has 0 aliphatic heterocycles. The molecule has 0 atom stereocenters. The lowest BCUT2D eigenvalue weighted by Gasteiger charge is -2.08. The summed E-state index contributed by atoms with van der Waals surface area (Å²) in [7, 11) is 0. The highest BCUT2D eigenvalue weighted by atomic mass is 16.5. The van der Waals surface area contributed by atoms with Crippen LogP contribution in [0.3, 0.4) is 0 Å². The monoisotopic (exact) mass is 322 g/mol. The Morgan fingerprint density at radius 2 is 1.54 bits per heavy atom. The Labute approximate surface area is 140 Å².